The molecule has 0 saturated carbocycles. The summed E-state index contributed by atoms with van der Waals surface area (Å²) >= 11 is 0. The second-order valence-electron chi connectivity index (χ2n) is 6.26. The number of hydrogen-bond donors (Lipinski definition) is 0. The van der Waals surface area contributed by atoms with Gasteiger partial charge < -0.3 is 9.47 Å². The normalized spacial score (nSPS) is 11.4. The average Bonchev–Trinajstić information content (AvgIpc) is 2.78. The molecule has 0 aliphatic rings. The molecule has 0 atom stereocenters. The van der Waals surface area contributed by atoms with Gasteiger partial charge in [-0.2, -0.15) is 0 Å². The summed E-state index contributed by atoms with van der Waals surface area (Å²) in [6, 6.07) is 0.580. The summed E-state index contributed by atoms with van der Waals surface area (Å²) in [5.41, 5.74) is 0. The first-order chi connectivity index (χ1) is 9.93. The number of nitrogens with zero attached hydrogens (tertiary/aromatic N) is 3. The number of carbonyl (C=O) groups is 1. The molecular formula is C17H30N3O. The van der Waals surface area contributed by atoms with E-state index in [2.05, 4.69) is 43.4 Å². The number of rotatable bonds is 9. The number of carbonyl (C=O) groups excluding carboxylic acids is 1. The van der Waals surface area contributed by atoms with Crippen molar-refractivity contribution in [3.63, 3.8) is 0 Å². The molecule has 1 aromatic heterocycles. The van der Waals surface area contributed by atoms with E-state index >= 15 is 0 Å². The summed E-state index contributed by atoms with van der Waals surface area (Å²) in [5, 5.41) is 0. The van der Waals surface area contributed by atoms with Gasteiger partial charge in [-0.15, -0.1) is 0 Å². The summed E-state index contributed by atoms with van der Waals surface area (Å²) in [6.45, 7) is 11.3. The highest BCUT2D eigenvalue weighted by atomic mass is 16.2. The minimum Gasteiger partial charge on any atom is -0.338 e. The lowest BCUT2D eigenvalue weighted by Gasteiger charge is -2.30. The highest BCUT2D eigenvalue weighted by molar-refractivity contribution is 5.76. The highest BCUT2D eigenvalue weighted by Gasteiger charge is 2.18. The van der Waals surface area contributed by atoms with E-state index in [1.165, 1.54) is 0 Å². The first-order valence-electron chi connectivity index (χ1n) is 8.14. The highest BCUT2D eigenvalue weighted by Crippen LogP contribution is 2.12. The fourth-order valence-electron chi connectivity index (χ4n) is 2.79. The van der Waals surface area contributed by atoms with Crippen molar-refractivity contribution in [3.8, 4) is 0 Å². The molecule has 0 fully saturated rings. The Kier molecular flexibility index (Phi) is 7.48. The molecule has 1 aromatic rings. The molecule has 1 heterocycles. The van der Waals surface area contributed by atoms with E-state index in [9.17, 15) is 4.79 Å². The number of aromatic nitrogens is 2. The van der Waals surface area contributed by atoms with Gasteiger partial charge in [-0.25, -0.2) is 4.98 Å². The zero-order chi connectivity index (χ0) is 15.8. The van der Waals surface area contributed by atoms with E-state index in [0.29, 0.717) is 12.3 Å². The Morgan fingerprint density at radius 3 is 2.33 bits per heavy atom. The molecule has 4 nitrogen and oxygen atoms in total. The van der Waals surface area contributed by atoms with Crippen molar-refractivity contribution in [2.24, 2.45) is 0 Å². The van der Waals surface area contributed by atoms with Crippen LogP contribution >= 0.6 is 0 Å². The van der Waals surface area contributed by atoms with Crippen molar-refractivity contribution in [2.75, 3.05) is 0 Å². The molecule has 0 aliphatic heterocycles. The average molecular weight is 292 g/mol. The maximum absolute atomic E-state index is 12.2. The fourth-order valence-corrected chi connectivity index (χ4v) is 2.79. The zero-order valence-electron chi connectivity index (χ0n) is 14.2. The lowest BCUT2D eigenvalue weighted by Crippen LogP contribution is -2.41. The van der Waals surface area contributed by atoms with Crippen LogP contribution in [0.1, 0.15) is 65.6 Å². The van der Waals surface area contributed by atoms with Crippen LogP contribution in [0.25, 0.3) is 0 Å². The van der Waals surface area contributed by atoms with Crippen LogP contribution in [0.15, 0.2) is 6.20 Å². The van der Waals surface area contributed by atoms with Crippen molar-refractivity contribution in [1.82, 2.24) is 14.5 Å². The van der Waals surface area contributed by atoms with Crippen LogP contribution in [0.2, 0.25) is 0 Å². The number of aryl methyl sites for hydroxylation is 2. The molecule has 0 aliphatic carbocycles. The van der Waals surface area contributed by atoms with Crippen molar-refractivity contribution in [2.45, 2.75) is 85.4 Å². The minimum atomic E-state index is 0.290. The van der Waals surface area contributed by atoms with E-state index < -0.39 is 0 Å². The summed E-state index contributed by atoms with van der Waals surface area (Å²) in [7, 11) is 0. The van der Waals surface area contributed by atoms with Gasteiger partial charge in [0, 0.05) is 31.2 Å². The van der Waals surface area contributed by atoms with Crippen LogP contribution < -0.4 is 0 Å². The van der Waals surface area contributed by atoms with Gasteiger partial charge in [-0.3, -0.25) is 4.79 Å². The minimum absolute atomic E-state index is 0.290. The van der Waals surface area contributed by atoms with Crippen LogP contribution in [-0.2, 0) is 11.3 Å². The SMILES string of the molecule is Cc1n[c]cn1CCCCCCC(=O)N(C(C)C)C(C)C. The Hall–Kier alpha value is -1.32. The first kappa shape index (κ1) is 17.7. The molecule has 0 unspecified atom stereocenters. The molecule has 1 radical (unpaired) electrons. The third kappa shape index (κ3) is 5.90. The molecule has 0 spiro atoms. The Bertz CT molecular complexity index is 415. The molecule has 1 rings (SSSR count). The van der Waals surface area contributed by atoms with Crippen LogP contribution in [0.3, 0.4) is 0 Å². The van der Waals surface area contributed by atoms with Crippen molar-refractivity contribution in [1.29, 1.82) is 0 Å². The van der Waals surface area contributed by atoms with Gasteiger partial charge in [0.1, 0.15) is 12.0 Å². The second-order valence-corrected chi connectivity index (χ2v) is 6.26. The van der Waals surface area contributed by atoms with Gasteiger partial charge >= 0.3 is 0 Å². The van der Waals surface area contributed by atoms with E-state index in [0.717, 1.165) is 38.1 Å². The topological polar surface area (TPSA) is 38.1 Å². The van der Waals surface area contributed by atoms with Crippen molar-refractivity contribution in [3.05, 3.63) is 18.2 Å². The molecule has 4 heteroatoms. The molecule has 0 saturated heterocycles. The van der Waals surface area contributed by atoms with E-state index in [-0.39, 0.29) is 12.1 Å². The van der Waals surface area contributed by atoms with Gasteiger partial charge in [-0.1, -0.05) is 12.8 Å². The van der Waals surface area contributed by atoms with E-state index in [1.807, 2.05) is 18.0 Å². The van der Waals surface area contributed by atoms with Gasteiger partial charge in [0.25, 0.3) is 0 Å². The first-order valence-corrected chi connectivity index (χ1v) is 8.14. The van der Waals surface area contributed by atoms with Crippen molar-refractivity contribution < 1.29 is 4.79 Å². The monoisotopic (exact) mass is 292 g/mol. The predicted octanol–water partition coefficient (Wildman–Crippen LogP) is 3.59. The van der Waals surface area contributed by atoms with Gasteiger partial charge in [-0.05, 0) is 47.5 Å². The Morgan fingerprint density at radius 1 is 1.19 bits per heavy atom. The fraction of sp³-hybridized carbons (Fsp3) is 0.765. The molecule has 1 amide bonds. The largest absolute Gasteiger partial charge is 0.338 e. The van der Waals surface area contributed by atoms with Gasteiger partial charge in [0.2, 0.25) is 5.91 Å². The van der Waals surface area contributed by atoms with Crippen LogP contribution in [0, 0.1) is 13.1 Å². The quantitative estimate of drug-likeness (QED) is 0.652. The standard InChI is InChI=1S/C17H30N3O/c1-14(2)20(15(3)4)17(21)10-8-6-7-9-12-19-13-11-18-16(19)5/h13-15H,6-10,12H2,1-5H3. The van der Waals surface area contributed by atoms with E-state index in [1.54, 1.807) is 0 Å². The van der Waals surface area contributed by atoms with Crippen LogP contribution in [0.5, 0.6) is 0 Å². The zero-order valence-corrected chi connectivity index (χ0v) is 14.2. The number of imidazole rings is 1. The lowest BCUT2D eigenvalue weighted by molar-refractivity contribution is -0.134. The van der Waals surface area contributed by atoms with Crippen LogP contribution in [-0.4, -0.2) is 32.4 Å². The molecule has 0 N–H and O–H groups in total. The van der Waals surface area contributed by atoms with Crippen LogP contribution in [0.4, 0.5) is 0 Å². The van der Waals surface area contributed by atoms with Gasteiger partial charge in [0.05, 0.1) is 0 Å². The smallest absolute Gasteiger partial charge is 0.223 e. The maximum atomic E-state index is 12.2. The molecular weight excluding hydrogens is 262 g/mol. The Balaban J connectivity index is 2.16. The Labute approximate surface area is 129 Å². The van der Waals surface area contributed by atoms with E-state index in [4.69, 9.17) is 0 Å². The third-order valence-corrected chi connectivity index (χ3v) is 3.80. The maximum Gasteiger partial charge on any atom is 0.223 e. The van der Waals surface area contributed by atoms with Crippen molar-refractivity contribution >= 4 is 5.91 Å². The second kappa shape index (κ2) is 8.85. The number of amides is 1. The molecule has 21 heavy (non-hydrogen) atoms. The Morgan fingerprint density at radius 2 is 1.81 bits per heavy atom. The summed E-state index contributed by atoms with van der Waals surface area (Å²) in [4.78, 5) is 18.3. The molecule has 0 bridgehead atoms. The molecule has 0 aromatic carbocycles. The van der Waals surface area contributed by atoms with Gasteiger partial charge in [0.15, 0.2) is 0 Å². The number of hydrogen-bond acceptors (Lipinski definition) is 2. The molecule has 119 valence electrons. The predicted molar refractivity (Wildman–Crippen MR) is 86.0 cm³/mol. The third-order valence-electron chi connectivity index (χ3n) is 3.80. The number of unbranched alkanes of at least 4 members (excludes halogenated alkanes) is 3. The lowest BCUT2D eigenvalue weighted by atomic mass is 10.1. The summed E-state index contributed by atoms with van der Waals surface area (Å²) < 4.78 is 2.13. The summed E-state index contributed by atoms with van der Waals surface area (Å²) in [5.74, 6) is 1.31. The summed E-state index contributed by atoms with van der Waals surface area (Å²) in [6.07, 6.45) is 9.85.